The molecule has 0 bridgehead atoms. The van der Waals surface area contributed by atoms with Crippen LogP contribution in [0.1, 0.15) is 36.6 Å². The van der Waals surface area contributed by atoms with E-state index in [-0.39, 0.29) is 12.4 Å². The number of benzene rings is 1. The Balaban J connectivity index is 0.00000441. The summed E-state index contributed by atoms with van der Waals surface area (Å²) in [6.07, 6.45) is -11.0. The summed E-state index contributed by atoms with van der Waals surface area (Å²) in [5.74, 6) is -0.504. The van der Waals surface area contributed by atoms with Crippen molar-refractivity contribution < 1.29 is 31.4 Å². The van der Waals surface area contributed by atoms with Crippen molar-refractivity contribution in [3.8, 4) is 0 Å². The Kier molecular flexibility index (Phi) is 6.74. The minimum absolute atomic E-state index is 0. The van der Waals surface area contributed by atoms with Gasteiger partial charge in [0, 0.05) is 0 Å². The Hall–Kier alpha value is -0.990. The highest BCUT2D eigenvalue weighted by molar-refractivity contribution is 5.85. The van der Waals surface area contributed by atoms with Gasteiger partial charge in [-0.05, 0) is 29.7 Å². The van der Waals surface area contributed by atoms with Gasteiger partial charge in [0.15, 0.2) is 0 Å². The molecule has 1 rings (SSSR count). The van der Waals surface area contributed by atoms with Crippen molar-refractivity contribution in [3.63, 3.8) is 0 Å². The standard InChI is InChI=1S/C13H15F6NO.ClH/c1-6(2)11(21)10(20)8-5-7(12(14,15)16)3-4-9(8)13(17,18)19;/h3-6,10-11,21H,20H2,1-2H3;1H/t10-,11+;/m1./s1. The second kappa shape index (κ2) is 7.06. The van der Waals surface area contributed by atoms with E-state index in [0.717, 1.165) is 0 Å². The first-order valence-corrected chi connectivity index (χ1v) is 6.07. The molecule has 22 heavy (non-hydrogen) atoms. The second-order valence-electron chi connectivity index (χ2n) is 5.06. The Morgan fingerprint density at radius 2 is 1.50 bits per heavy atom. The van der Waals surface area contributed by atoms with Gasteiger partial charge in [-0.15, -0.1) is 12.4 Å². The van der Waals surface area contributed by atoms with Gasteiger partial charge < -0.3 is 10.8 Å². The van der Waals surface area contributed by atoms with E-state index in [2.05, 4.69) is 0 Å². The smallest absolute Gasteiger partial charge is 0.391 e. The molecule has 0 aliphatic heterocycles. The number of hydrogen-bond donors (Lipinski definition) is 2. The van der Waals surface area contributed by atoms with Gasteiger partial charge in [-0.2, -0.15) is 26.3 Å². The number of nitrogens with two attached hydrogens (primary N) is 1. The van der Waals surface area contributed by atoms with Crippen molar-refractivity contribution in [2.24, 2.45) is 11.7 Å². The van der Waals surface area contributed by atoms with E-state index < -0.39 is 47.1 Å². The summed E-state index contributed by atoms with van der Waals surface area (Å²) in [6, 6.07) is -0.533. The maximum Gasteiger partial charge on any atom is 0.416 e. The third-order valence-electron chi connectivity index (χ3n) is 3.09. The lowest BCUT2D eigenvalue weighted by Crippen LogP contribution is -2.32. The lowest BCUT2D eigenvalue weighted by Gasteiger charge is -2.26. The molecule has 2 atom stereocenters. The van der Waals surface area contributed by atoms with Crippen LogP contribution in [0.4, 0.5) is 26.3 Å². The summed E-state index contributed by atoms with van der Waals surface area (Å²) in [6.45, 7) is 3.01. The van der Waals surface area contributed by atoms with Gasteiger partial charge in [0.2, 0.25) is 0 Å². The molecule has 0 aromatic heterocycles. The first kappa shape index (κ1) is 21.0. The number of aliphatic hydroxyl groups excluding tert-OH is 1. The van der Waals surface area contributed by atoms with Crippen LogP contribution in [0.3, 0.4) is 0 Å². The molecule has 0 saturated heterocycles. The molecule has 3 N–H and O–H groups in total. The highest BCUT2D eigenvalue weighted by Crippen LogP contribution is 2.39. The van der Waals surface area contributed by atoms with E-state index in [1.54, 1.807) is 0 Å². The minimum atomic E-state index is -4.85. The van der Waals surface area contributed by atoms with Gasteiger partial charge in [0.25, 0.3) is 0 Å². The predicted octanol–water partition coefficient (Wildman–Crippen LogP) is 4.16. The zero-order valence-corrected chi connectivity index (χ0v) is 12.5. The lowest BCUT2D eigenvalue weighted by molar-refractivity contribution is -0.142. The molecule has 2 nitrogen and oxygen atoms in total. The third-order valence-corrected chi connectivity index (χ3v) is 3.09. The molecule has 0 saturated carbocycles. The van der Waals surface area contributed by atoms with E-state index >= 15 is 0 Å². The van der Waals surface area contributed by atoms with Gasteiger partial charge in [-0.25, -0.2) is 0 Å². The average Bonchev–Trinajstić information content (AvgIpc) is 2.34. The SMILES string of the molecule is CC(C)[C@H](O)[C@H](N)c1cc(C(F)(F)F)ccc1C(F)(F)F.Cl. The topological polar surface area (TPSA) is 46.2 Å². The summed E-state index contributed by atoms with van der Waals surface area (Å²) < 4.78 is 76.6. The summed E-state index contributed by atoms with van der Waals surface area (Å²) in [5, 5.41) is 9.76. The lowest BCUT2D eigenvalue weighted by atomic mass is 9.90. The first-order valence-electron chi connectivity index (χ1n) is 6.07. The third kappa shape index (κ3) is 4.76. The van der Waals surface area contributed by atoms with Crippen LogP contribution in [0.25, 0.3) is 0 Å². The highest BCUT2D eigenvalue weighted by atomic mass is 35.5. The second-order valence-corrected chi connectivity index (χ2v) is 5.06. The van der Waals surface area contributed by atoms with Crippen molar-refractivity contribution in [2.45, 2.75) is 38.3 Å². The van der Waals surface area contributed by atoms with Gasteiger partial charge in [0.1, 0.15) is 0 Å². The van der Waals surface area contributed by atoms with Crippen LogP contribution in [0.15, 0.2) is 18.2 Å². The van der Waals surface area contributed by atoms with E-state index in [1.807, 2.05) is 0 Å². The van der Waals surface area contributed by atoms with Crippen LogP contribution in [0, 0.1) is 5.92 Å². The van der Waals surface area contributed by atoms with Gasteiger partial charge >= 0.3 is 12.4 Å². The van der Waals surface area contributed by atoms with Crippen molar-refractivity contribution in [1.82, 2.24) is 0 Å². The Morgan fingerprint density at radius 1 is 1.00 bits per heavy atom. The van der Waals surface area contributed by atoms with Gasteiger partial charge in [-0.1, -0.05) is 13.8 Å². The van der Waals surface area contributed by atoms with E-state index in [9.17, 15) is 31.4 Å². The molecule has 0 fully saturated rings. The molecule has 0 amide bonds. The van der Waals surface area contributed by atoms with Crippen LogP contribution in [-0.2, 0) is 12.4 Å². The van der Waals surface area contributed by atoms with Crippen LogP contribution < -0.4 is 5.73 Å². The van der Waals surface area contributed by atoms with E-state index in [4.69, 9.17) is 5.73 Å². The molecule has 0 aliphatic carbocycles. The molecular formula is C13H16ClF6NO. The summed E-state index contributed by atoms with van der Waals surface area (Å²) >= 11 is 0. The number of aliphatic hydroxyl groups is 1. The molecule has 0 unspecified atom stereocenters. The molecule has 1 aromatic carbocycles. The number of alkyl halides is 6. The minimum Gasteiger partial charge on any atom is -0.391 e. The Bertz CT molecular complexity index is 500. The fraction of sp³-hybridized carbons (Fsp3) is 0.538. The van der Waals surface area contributed by atoms with Gasteiger partial charge in [0.05, 0.1) is 23.3 Å². The van der Waals surface area contributed by atoms with Crippen molar-refractivity contribution in [3.05, 3.63) is 34.9 Å². The first-order chi connectivity index (χ1) is 9.35. The number of rotatable bonds is 3. The van der Waals surface area contributed by atoms with Crippen LogP contribution in [-0.4, -0.2) is 11.2 Å². The van der Waals surface area contributed by atoms with Crippen LogP contribution >= 0.6 is 12.4 Å². The van der Waals surface area contributed by atoms with Crippen LogP contribution in [0.5, 0.6) is 0 Å². The fourth-order valence-electron chi connectivity index (χ4n) is 1.87. The van der Waals surface area contributed by atoms with Crippen molar-refractivity contribution in [2.75, 3.05) is 0 Å². The molecule has 1 aromatic rings. The van der Waals surface area contributed by atoms with E-state index in [1.165, 1.54) is 13.8 Å². The molecule has 9 heteroatoms. The number of halogens is 7. The molecule has 0 aliphatic rings. The molecule has 0 spiro atoms. The van der Waals surface area contributed by atoms with Crippen molar-refractivity contribution >= 4 is 12.4 Å². The average molecular weight is 352 g/mol. The summed E-state index contributed by atoms with van der Waals surface area (Å²) in [5.41, 5.74) is 2.25. The van der Waals surface area contributed by atoms with Crippen LogP contribution in [0.2, 0.25) is 0 Å². The largest absolute Gasteiger partial charge is 0.416 e. The predicted molar refractivity (Wildman–Crippen MR) is 71.5 cm³/mol. The molecule has 0 heterocycles. The normalized spacial score (nSPS) is 15.4. The molecule has 128 valence electrons. The maximum atomic E-state index is 12.9. The number of hydrogen-bond acceptors (Lipinski definition) is 2. The van der Waals surface area contributed by atoms with Gasteiger partial charge in [-0.3, -0.25) is 0 Å². The van der Waals surface area contributed by atoms with Crippen molar-refractivity contribution in [1.29, 1.82) is 0 Å². The summed E-state index contributed by atoms with van der Waals surface area (Å²) in [7, 11) is 0. The Morgan fingerprint density at radius 3 is 1.86 bits per heavy atom. The zero-order valence-electron chi connectivity index (χ0n) is 11.7. The summed E-state index contributed by atoms with van der Waals surface area (Å²) in [4.78, 5) is 0. The van der Waals surface area contributed by atoms with E-state index in [0.29, 0.717) is 18.2 Å². The fourth-order valence-corrected chi connectivity index (χ4v) is 1.87. The maximum absolute atomic E-state index is 12.9. The quantitative estimate of drug-likeness (QED) is 0.803. The molecular weight excluding hydrogens is 336 g/mol. The monoisotopic (exact) mass is 351 g/mol. The Labute approximate surface area is 129 Å². The molecule has 0 radical (unpaired) electrons. The zero-order chi connectivity index (χ0) is 16.6. The highest BCUT2D eigenvalue weighted by Gasteiger charge is 2.39.